The number of aryl methyl sites for hydroxylation is 1. The van der Waals surface area contributed by atoms with Gasteiger partial charge in [-0.05, 0) is 53.4 Å². The first kappa shape index (κ1) is 11.8. The van der Waals surface area contributed by atoms with Crippen LogP contribution >= 0.6 is 28.1 Å². The molecule has 1 aromatic heterocycles. The van der Waals surface area contributed by atoms with Gasteiger partial charge in [-0.2, -0.15) is 0 Å². The highest BCUT2D eigenvalue weighted by Crippen LogP contribution is 2.52. The Morgan fingerprint density at radius 3 is 2.82 bits per heavy atom. The molecular weight excluding hydrogens is 296 g/mol. The molecule has 2 bridgehead atoms. The number of nitrogens with one attached hydrogen (secondary N) is 1. The minimum atomic E-state index is 0.633. The molecule has 0 spiro atoms. The average Bonchev–Trinajstić information content (AvgIpc) is 2.94. The SMILES string of the molecule is CCc1[nH]c(C2CC3CCC2C3)nc(=S)c1Br. The van der Waals surface area contributed by atoms with Gasteiger partial charge in [0.15, 0.2) is 0 Å². The van der Waals surface area contributed by atoms with Gasteiger partial charge in [-0.1, -0.05) is 25.6 Å². The third-order valence-corrected chi connectivity index (χ3v) is 5.81. The first-order valence-electron chi connectivity index (χ1n) is 6.47. The summed E-state index contributed by atoms with van der Waals surface area (Å²) in [6.45, 7) is 2.15. The number of nitrogens with zero attached hydrogens (tertiary/aromatic N) is 1. The Balaban J connectivity index is 1.98. The van der Waals surface area contributed by atoms with Gasteiger partial charge in [0.2, 0.25) is 0 Å². The lowest BCUT2D eigenvalue weighted by Gasteiger charge is -2.21. The molecule has 2 nitrogen and oxygen atoms in total. The zero-order chi connectivity index (χ0) is 12.0. The first-order chi connectivity index (χ1) is 8.19. The molecule has 1 N–H and O–H groups in total. The summed E-state index contributed by atoms with van der Waals surface area (Å²) in [5.41, 5.74) is 1.20. The van der Waals surface area contributed by atoms with Crippen molar-refractivity contribution in [3.8, 4) is 0 Å². The molecule has 2 saturated carbocycles. The van der Waals surface area contributed by atoms with Crippen molar-refractivity contribution >= 4 is 28.1 Å². The van der Waals surface area contributed by atoms with Crippen molar-refractivity contribution in [2.75, 3.05) is 0 Å². The Bertz CT molecular complexity index is 497. The van der Waals surface area contributed by atoms with E-state index in [1.54, 1.807) is 0 Å². The van der Waals surface area contributed by atoms with Crippen LogP contribution in [0.1, 0.15) is 50.0 Å². The molecule has 0 saturated heterocycles. The zero-order valence-corrected chi connectivity index (χ0v) is 12.4. The molecule has 0 aromatic carbocycles. The Hall–Kier alpha value is -0.220. The summed E-state index contributed by atoms with van der Waals surface area (Å²) in [6, 6.07) is 0. The van der Waals surface area contributed by atoms with Gasteiger partial charge < -0.3 is 4.98 Å². The lowest BCUT2D eigenvalue weighted by molar-refractivity contribution is 0.404. The predicted molar refractivity (Wildman–Crippen MR) is 74.7 cm³/mol. The maximum absolute atomic E-state index is 5.34. The van der Waals surface area contributed by atoms with Crippen LogP contribution in [0.3, 0.4) is 0 Å². The second-order valence-electron chi connectivity index (χ2n) is 5.35. The Kier molecular flexibility index (Phi) is 3.11. The Morgan fingerprint density at radius 1 is 1.41 bits per heavy atom. The van der Waals surface area contributed by atoms with Crippen molar-refractivity contribution in [3.63, 3.8) is 0 Å². The zero-order valence-electron chi connectivity index (χ0n) is 10.0. The van der Waals surface area contributed by atoms with Crippen molar-refractivity contribution in [2.24, 2.45) is 11.8 Å². The van der Waals surface area contributed by atoms with Crippen LogP contribution in [0.2, 0.25) is 0 Å². The smallest absolute Gasteiger partial charge is 0.144 e. The van der Waals surface area contributed by atoms with Gasteiger partial charge in [-0.25, -0.2) is 4.98 Å². The van der Waals surface area contributed by atoms with Gasteiger partial charge in [-0.3, -0.25) is 0 Å². The van der Waals surface area contributed by atoms with Gasteiger partial charge in [0, 0.05) is 11.6 Å². The van der Waals surface area contributed by atoms with Crippen LogP contribution in [0.25, 0.3) is 0 Å². The van der Waals surface area contributed by atoms with E-state index in [4.69, 9.17) is 12.2 Å². The van der Waals surface area contributed by atoms with Crippen LogP contribution in [0.5, 0.6) is 0 Å². The topological polar surface area (TPSA) is 28.7 Å². The van der Waals surface area contributed by atoms with E-state index in [-0.39, 0.29) is 0 Å². The molecule has 2 aliphatic carbocycles. The van der Waals surface area contributed by atoms with E-state index < -0.39 is 0 Å². The number of rotatable bonds is 2. The highest BCUT2D eigenvalue weighted by molar-refractivity contribution is 9.10. The van der Waals surface area contributed by atoms with E-state index in [0.717, 1.165) is 33.2 Å². The number of hydrogen-bond acceptors (Lipinski definition) is 2. The summed E-state index contributed by atoms with van der Waals surface area (Å²) in [5.74, 6) is 3.57. The fourth-order valence-corrected chi connectivity index (χ4v) is 4.21. The summed E-state index contributed by atoms with van der Waals surface area (Å²) >= 11 is 8.86. The molecule has 17 heavy (non-hydrogen) atoms. The van der Waals surface area contributed by atoms with Gasteiger partial charge in [-0.15, -0.1) is 0 Å². The maximum Gasteiger partial charge on any atom is 0.144 e. The van der Waals surface area contributed by atoms with Crippen molar-refractivity contribution in [1.82, 2.24) is 9.97 Å². The number of aromatic amines is 1. The number of aromatic nitrogens is 2. The van der Waals surface area contributed by atoms with E-state index in [2.05, 4.69) is 32.8 Å². The van der Waals surface area contributed by atoms with Crippen LogP contribution in [0, 0.1) is 16.5 Å². The molecule has 1 heterocycles. The van der Waals surface area contributed by atoms with Crippen LogP contribution in [-0.2, 0) is 6.42 Å². The molecule has 4 heteroatoms. The predicted octanol–water partition coefficient (Wildman–Crippen LogP) is 4.37. The summed E-state index contributed by atoms with van der Waals surface area (Å²) in [5, 5.41) is 0. The highest BCUT2D eigenvalue weighted by Gasteiger charge is 2.41. The molecule has 0 radical (unpaired) electrons. The fraction of sp³-hybridized carbons (Fsp3) is 0.692. The van der Waals surface area contributed by atoms with Crippen molar-refractivity contribution in [2.45, 2.75) is 44.9 Å². The van der Waals surface area contributed by atoms with E-state index in [1.165, 1.54) is 31.4 Å². The summed E-state index contributed by atoms with van der Waals surface area (Å²) in [6.07, 6.45) is 6.51. The van der Waals surface area contributed by atoms with E-state index in [0.29, 0.717) is 5.92 Å². The lowest BCUT2D eigenvalue weighted by Crippen LogP contribution is -2.13. The monoisotopic (exact) mass is 312 g/mol. The number of hydrogen-bond donors (Lipinski definition) is 1. The highest BCUT2D eigenvalue weighted by atomic mass is 79.9. The van der Waals surface area contributed by atoms with Crippen LogP contribution < -0.4 is 0 Å². The van der Waals surface area contributed by atoms with Gasteiger partial charge >= 0.3 is 0 Å². The van der Waals surface area contributed by atoms with Crippen molar-refractivity contribution in [1.29, 1.82) is 0 Å². The molecule has 3 rings (SSSR count). The third kappa shape index (κ3) is 1.99. The first-order valence-corrected chi connectivity index (χ1v) is 7.67. The van der Waals surface area contributed by atoms with Gasteiger partial charge in [0.05, 0.1) is 4.47 Å². The van der Waals surface area contributed by atoms with E-state index in [1.807, 2.05) is 0 Å². The third-order valence-electron chi connectivity index (χ3n) is 4.40. The second kappa shape index (κ2) is 4.47. The standard InChI is InChI=1S/C13H17BrN2S/c1-2-10-11(14)13(17)16-12(15-10)9-6-7-3-4-8(9)5-7/h7-9H,2-6H2,1H3,(H,15,16,17). The second-order valence-corrected chi connectivity index (χ2v) is 6.53. The molecule has 0 aliphatic heterocycles. The van der Waals surface area contributed by atoms with Crippen molar-refractivity contribution < 1.29 is 0 Å². The average molecular weight is 313 g/mol. The summed E-state index contributed by atoms with van der Waals surface area (Å²) in [4.78, 5) is 8.10. The fourth-order valence-electron chi connectivity index (χ4n) is 3.52. The quantitative estimate of drug-likeness (QED) is 0.822. The minimum absolute atomic E-state index is 0.633. The maximum atomic E-state index is 5.34. The van der Waals surface area contributed by atoms with Gasteiger partial charge in [0.1, 0.15) is 10.5 Å². The largest absolute Gasteiger partial charge is 0.346 e. The normalized spacial score (nSPS) is 31.1. The van der Waals surface area contributed by atoms with Crippen molar-refractivity contribution in [3.05, 3.63) is 20.6 Å². The van der Waals surface area contributed by atoms with Crippen LogP contribution in [-0.4, -0.2) is 9.97 Å². The number of halogens is 1. The van der Waals surface area contributed by atoms with Crippen LogP contribution in [0.15, 0.2) is 4.47 Å². The van der Waals surface area contributed by atoms with E-state index in [9.17, 15) is 0 Å². The molecule has 92 valence electrons. The summed E-state index contributed by atoms with van der Waals surface area (Å²) < 4.78 is 1.69. The van der Waals surface area contributed by atoms with Crippen LogP contribution in [0.4, 0.5) is 0 Å². The Labute approximate surface area is 115 Å². The molecule has 1 aromatic rings. The van der Waals surface area contributed by atoms with E-state index >= 15 is 0 Å². The molecular formula is C13H17BrN2S. The molecule has 0 amide bonds. The molecule has 2 fully saturated rings. The number of fused-ring (bicyclic) bond motifs is 2. The molecule has 3 atom stereocenters. The Morgan fingerprint density at radius 2 is 2.24 bits per heavy atom. The summed E-state index contributed by atoms with van der Waals surface area (Å²) in [7, 11) is 0. The molecule has 2 aliphatic rings. The lowest BCUT2D eigenvalue weighted by atomic mass is 9.88. The molecule has 3 unspecified atom stereocenters. The number of H-pyrrole nitrogens is 1. The minimum Gasteiger partial charge on any atom is -0.346 e. The van der Waals surface area contributed by atoms with Gasteiger partial charge in [0.25, 0.3) is 0 Å².